The minimum Gasteiger partial charge on any atom is -0.480 e. The summed E-state index contributed by atoms with van der Waals surface area (Å²) < 4.78 is 26.7. The lowest BCUT2D eigenvalue weighted by molar-refractivity contribution is -0.138. The van der Waals surface area contributed by atoms with E-state index in [-0.39, 0.29) is 21.4 Å². The van der Waals surface area contributed by atoms with Crippen LogP contribution in [0.3, 0.4) is 0 Å². The number of anilines is 1. The number of carbonyl (C=O) groups excluding carboxylic acids is 3. The van der Waals surface area contributed by atoms with Crippen molar-refractivity contribution in [2.24, 2.45) is 0 Å². The highest BCUT2D eigenvalue weighted by atomic mass is 32.2. The highest BCUT2D eigenvalue weighted by molar-refractivity contribution is 7.89. The molecule has 0 fully saturated rings. The van der Waals surface area contributed by atoms with E-state index in [4.69, 9.17) is 0 Å². The minimum atomic E-state index is -4.13. The first kappa shape index (κ1) is 28.2. The Morgan fingerprint density at radius 2 is 1.68 bits per heavy atom. The van der Waals surface area contributed by atoms with Crippen LogP contribution in [0.25, 0.3) is 0 Å². The van der Waals surface area contributed by atoms with Gasteiger partial charge in [0.15, 0.2) is 5.13 Å². The number of carboxylic acid groups (broad SMARTS) is 1. The molecule has 0 saturated heterocycles. The molecule has 3 rings (SSSR count). The van der Waals surface area contributed by atoms with Crippen LogP contribution in [0.2, 0.25) is 0 Å². The fourth-order valence-electron chi connectivity index (χ4n) is 2.81. The summed E-state index contributed by atoms with van der Waals surface area (Å²) in [6, 6.07) is 10.2. The minimum absolute atomic E-state index is 0.108. The number of rotatable bonds is 12. The molecule has 4 amide bonds. The van der Waals surface area contributed by atoms with Crippen molar-refractivity contribution < 1.29 is 32.7 Å². The summed E-state index contributed by atoms with van der Waals surface area (Å²) in [6.07, 6.45) is 2.81. The number of urea groups is 1. The molecule has 0 bridgehead atoms. The number of carboxylic acids is 1. The molecule has 3 aromatic rings. The number of pyridine rings is 1. The number of sulfonamides is 1. The molecule has 0 spiro atoms. The van der Waals surface area contributed by atoms with Gasteiger partial charge in [-0.3, -0.25) is 24.7 Å². The van der Waals surface area contributed by atoms with E-state index in [9.17, 15) is 32.7 Å². The van der Waals surface area contributed by atoms with Crippen LogP contribution in [0.1, 0.15) is 15.4 Å². The topological polar surface area (TPSA) is 209 Å². The normalized spacial score (nSPS) is 11.7. The average Bonchev–Trinajstić information content (AvgIpc) is 3.38. The zero-order chi connectivity index (χ0) is 27.5. The molecule has 14 nitrogen and oxygen atoms in total. The zero-order valence-corrected chi connectivity index (χ0v) is 21.2. The van der Waals surface area contributed by atoms with Crippen molar-refractivity contribution in [2.75, 3.05) is 18.4 Å². The van der Waals surface area contributed by atoms with Crippen molar-refractivity contribution in [3.63, 3.8) is 0 Å². The number of thiazole rings is 1. The van der Waals surface area contributed by atoms with E-state index in [2.05, 4.69) is 31.2 Å². The lowest BCUT2D eigenvalue weighted by atomic mass is 10.3. The van der Waals surface area contributed by atoms with Crippen LogP contribution in [0.4, 0.5) is 9.93 Å². The first-order chi connectivity index (χ1) is 18.1. The van der Waals surface area contributed by atoms with Gasteiger partial charge in [-0.25, -0.2) is 18.2 Å². The summed E-state index contributed by atoms with van der Waals surface area (Å²) in [5.74, 6) is -2.90. The summed E-state index contributed by atoms with van der Waals surface area (Å²) in [6.45, 7) is -0.878. The SMILES string of the molecule is O=C(CNC(=O)c1cnc(NC(=O)NCc2ccccn2)s1)NCC(NS(=O)(=O)c1ccccc1)C(=O)O. The largest absolute Gasteiger partial charge is 0.480 e. The third kappa shape index (κ3) is 8.61. The van der Waals surface area contributed by atoms with Crippen molar-refractivity contribution in [3.8, 4) is 0 Å². The first-order valence-corrected chi connectivity index (χ1v) is 13.2. The standard InChI is InChI=1S/C22H23N7O7S2/c30-18(24-11-16(20(32)33)29-38(35,36)15-7-2-1-3-8-15)13-25-19(31)17-12-27-22(37-17)28-21(34)26-10-14-6-4-5-9-23-14/h1-9,12,16,29H,10-11,13H2,(H,24,30)(H,25,31)(H,32,33)(H2,26,27,28,34). The quantitative estimate of drug-likeness (QED) is 0.177. The van der Waals surface area contributed by atoms with Crippen LogP contribution in [0.5, 0.6) is 0 Å². The first-order valence-electron chi connectivity index (χ1n) is 10.9. The molecule has 1 unspecified atom stereocenters. The number of hydrogen-bond acceptors (Lipinski definition) is 9. The van der Waals surface area contributed by atoms with Gasteiger partial charge in [-0.2, -0.15) is 4.72 Å². The Morgan fingerprint density at radius 1 is 0.947 bits per heavy atom. The Kier molecular flexibility index (Phi) is 9.80. The molecule has 1 aromatic carbocycles. The van der Waals surface area contributed by atoms with E-state index in [1.807, 2.05) is 4.72 Å². The van der Waals surface area contributed by atoms with Crippen LogP contribution in [-0.4, -0.2) is 66.4 Å². The maximum atomic E-state index is 12.4. The van der Waals surface area contributed by atoms with E-state index in [0.29, 0.717) is 5.69 Å². The number of amides is 4. The zero-order valence-electron chi connectivity index (χ0n) is 19.6. The van der Waals surface area contributed by atoms with Crippen LogP contribution in [0, 0.1) is 0 Å². The highest BCUT2D eigenvalue weighted by Crippen LogP contribution is 2.17. The van der Waals surface area contributed by atoms with E-state index in [1.165, 1.54) is 30.5 Å². The number of benzene rings is 1. The second-order valence-corrected chi connectivity index (χ2v) is 10.2. The Hall–Kier alpha value is -4.41. The number of nitrogens with one attached hydrogen (secondary N) is 5. The van der Waals surface area contributed by atoms with Gasteiger partial charge < -0.3 is 21.1 Å². The molecule has 2 heterocycles. The number of hydrogen-bond donors (Lipinski definition) is 6. The average molecular weight is 562 g/mol. The van der Waals surface area contributed by atoms with Crippen LogP contribution in [-0.2, 0) is 26.2 Å². The molecule has 0 aliphatic carbocycles. The smallest absolute Gasteiger partial charge is 0.323 e. The molecule has 6 N–H and O–H groups in total. The second-order valence-electron chi connectivity index (χ2n) is 7.47. The van der Waals surface area contributed by atoms with Crippen molar-refractivity contribution in [3.05, 3.63) is 71.5 Å². The Morgan fingerprint density at radius 3 is 2.37 bits per heavy atom. The predicted molar refractivity (Wildman–Crippen MR) is 136 cm³/mol. The summed E-state index contributed by atoms with van der Waals surface area (Å²) in [5, 5.41) is 19.2. The Labute approximate surface area is 220 Å². The Bertz CT molecular complexity index is 1380. The van der Waals surface area contributed by atoms with E-state index in [0.717, 1.165) is 11.3 Å². The molecule has 200 valence electrons. The van der Waals surface area contributed by atoms with Crippen LogP contribution >= 0.6 is 11.3 Å². The molecule has 0 aliphatic heterocycles. The van der Waals surface area contributed by atoms with Gasteiger partial charge in [0.1, 0.15) is 10.9 Å². The van der Waals surface area contributed by atoms with Crippen molar-refractivity contribution >= 4 is 50.3 Å². The van der Waals surface area contributed by atoms with Gasteiger partial charge in [0.05, 0.1) is 29.9 Å². The fourth-order valence-corrected chi connectivity index (χ4v) is 4.75. The summed E-state index contributed by atoms with van der Waals surface area (Å²) in [7, 11) is -4.13. The lowest BCUT2D eigenvalue weighted by Crippen LogP contribution is -2.49. The van der Waals surface area contributed by atoms with Gasteiger partial charge in [0, 0.05) is 12.7 Å². The number of aliphatic carboxylic acids is 1. The van der Waals surface area contributed by atoms with Gasteiger partial charge in [-0.1, -0.05) is 35.6 Å². The van der Waals surface area contributed by atoms with Crippen molar-refractivity contribution in [1.82, 2.24) is 30.6 Å². The highest BCUT2D eigenvalue weighted by Gasteiger charge is 2.26. The molecule has 1 atom stereocenters. The predicted octanol–water partition coefficient (Wildman–Crippen LogP) is 0.138. The molecular formula is C22H23N7O7S2. The summed E-state index contributed by atoms with van der Waals surface area (Å²) in [4.78, 5) is 55.9. The van der Waals surface area contributed by atoms with Gasteiger partial charge >= 0.3 is 12.0 Å². The summed E-state index contributed by atoms with van der Waals surface area (Å²) >= 11 is 0.872. The molecule has 16 heteroatoms. The van der Waals surface area contributed by atoms with Crippen LogP contribution in [0.15, 0.2) is 65.8 Å². The number of nitrogens with zero attached hydrogens (tertiary/aromatic N) is 2. The molecule has 0 radical (unpaired) electrons. The van der Waals surface area contributed by atoms with Crippen LogP contribution < -0.4 is 26.0 Å². The van der Waals surface area contributed by atoms with Gasteiger partial charge in [0.25, 0.3) is 5.91 Å². The lowest BCUT2D eigenvalue weighted by Gasteiger charge is -2.15. The number of aromatic nitrogens is 2. The van der Waals surface area contributed by atoms with Crippen molar-refractivity contribution in [1.29, 1.82) is 0 Å². The molecule has 0 aliphatic rings. The molecule has 38 heavy (non-hydrogen) atoms. The molecular weight excluding hydrogens is 538 g/mol. The maximum Gasteiger partial charge on any atom is 0.323 e. The maximum absolute atomic E-state index is 12.4. The monoisotopic (exact) mass is 561 g/mol. The third-order valence-corrected chi connectivity index (χ3v) is 7.07. The van der Waals surface area contributed by atoms with E-state index >= 15 is 0 Å². The molecule has 2 aromatic heterocycles. The van der Waals surface area contributed by atoms with E-state index in [1.54, 1.807) is 30.5 Å². The van der Waals surface area contributed by atoms with Gasteiger partial charge in [-0.05, 0) is 24.3 Å². The fraction of sp³-hybridized carbons (Fsp3) is 0.182. The van der Waals surface area contributed by atoms with Gasteiger partial charge in [-0.15, -0.1) is 0 Å². The second kappa shape index (κ2) is 13.2. The van der Waals surface area contributed by atoms with Crippen molar-refractivity contribution in [2.45, 2.75) is 17.5 Å². The van der Waals surface area contributed by atoms with E-state index < -0.39 is 53.0 Å². The third-order valence-electron chi connectivity index (χ3n) is 4.67. The van der Waals surface area contributed by atoms with Gasteiger partial charge in [0.2, 0.25) is 15.9 Å². The Balaban J connectivity index is 1.43. The summed E-state index contributed by atoms with van der Waals surface area (Å²) in [5.41, 5.74) is 0.656. The number of carbonyl (C=O) groups is 4. The molecule has 0 saturated carbocycles.